The lowest BCUT2D eigenvalue weighted by Crippen LogP contribution is -1.96. The first-order valence-corrected chi connectivity index (χ1v) is 12.0. The Kier molecular flexibility index (Phi) is 3.11. The SMILES string of the molecule is c1ccc2c(c1)Cc1ccc3c(c1-2)-c1ccc2c4ccncc4n4c5ncccc5nc4c2c1C3. The minimum atomic E-state index is 0.880. The number of aromatic nitrogens is 4. The molecule has 9 rings (SSSR count). The van der Waals surface area contributed by atoms with Crippen molar-refractivity contribution >= 4 is 38.5 Å². The highest BCUT2D eigenvalue weighted by Gasteiger charge is 2.30. The molecule has 0 saturated heterocycles. The molecule has 0 spiro atoms. The number of imidazole rings is 1. The van der Waals surface area contributed by atoms with Gasteiger partial charge in [0, 0.05) is 23.2 Å². The standard InChI is InChI=1S/C31H18N4/c1-2-5-20-17(4-1)14-18-7-8-19-15-24-23(28(19)27(18)20)10-9-22-21-11-13-32-16-26(21)35-30-25(6-3-12-33-30)34-31(35)29(22)24/h1-13,16H,14-15H2. The Hall–Kier alpha value is -4.57. The van der Waals surface area contributed by atoms with Gasteiger partial charge in [0.05, 0.1) is 11.7 Å². The minimum absolute atomic E-state index is 0.880. The summed E-state index contributed by atoms with van der Waals surface area (Å²) in [4.78, 5) is 14.3. The van der Waals surface area contributed by atoms with Gasteiger partial charge in [-0.2, -0.15) is 0 Å². The van der Waals surface area contributed by atoms with Crippen molar-refractivity contribution in [1.82, 2.24) is 19.4 Å². The van der Waals surface area contributed by atoms with E-state index in [1.807, 2.05) is 30.7 Å². The first-order valence-electron chi connectivity index (χ1n) is 12.0. The Balaban J connectivity index is 1.47. The Bertz CT molecular complexity index is 2070. The zero-order valence-electron chi connectivity index (χ0n) is 18.8. The highest BCUT2D eigenvalue weighted by molar-refractivity contribution is 6.17. The maximum absolute atomic E-state index is 5.11. The van der Waals surface area contributed by atoms with Crippen molar-refractivity contribution in [3.8, 4) is 22.3 Å². The monoisotopic (exact) mass is 446 g/mol. The van der Waals surface area contributed by atoms with E-state index in [9.17, 15) is 0 Å². The van der Waals surface area contributed by atoms with Gasteiger partial charge in [0.15, 0.2) is 5.65 Å². The van der Waals surface area contributed by atoms with Gasteiger partial charge in [-0.25, -0.2) is 9.97 Å². The summed E-state index contributed by atoms with van der Waals surface area (Å²) < 4.78 is 2.20. The van der Waals surface area contributed by atoms with E-state index in [0.29, 0.717) is 0 Å². The van der Waals surface area contributed by atoms with Crippen LogP contribution in [0.1, 0.15) is 22.3 Å². The number of benzene rings is 3. The van der Waals surface area contributed by atoms with Crippen LogP contribution >= 0.6 is 0 Å². The summed E-state index contributed by atoms with van der Waals surface area (Å²) in [5.41, 5.74) is 15.0. The zero-order valence-corrected chi connectivity index (χ0v) is 18.8. The molecule has 0 radical (unpaired) electrons. The van der Waals surface area contributed by atoms with Crippen LogP contribution in [0, 0.1) is 0 Å². The fourth-order valence-electron chi connectivity index (χ4n) is 6.56. The largest absolute Gasteiger partial charge is 0.274 e. The molecular formula is C31H18N4. The van der Waals surface area contributed by atoms with Gasteiger partial charge >= 0.3 is 0 Å². The molecule has 2 aliphatic rings. The van der Waals surface area contributed by atoms with Gasteiger partial charge in [-0.1, -0.05) is 48.5 Å². The van der Waals surface area contributed by atoms with Gasteiger partial charge in [0.25, 0.3) is 0 Å². The zero-order chi connectivity index (χ0) is 22.7. The van der Waals surface area contributed by atoms with E-state index in [1.165, 1.54) is 60.7 Å². The number of fused-ring (bicyclic) bond motifs is 16. The van der Waals surface area contributed by atoms with Gasteiger partial charge < -0.3 is 0 Å². The van der Waals surface area contributed by atoms with Gasteiger partial charge in [0.2, 0.25) is 0 Å². The van der Waals surface area contributed by atoms with Crippen molar-refractivity contribution in [2.24, 2.45) is 0 Å². The molecule has 0 fully saturated rings. The molecule has 162 valence electrons. The van der Waals surface area contributed by atoms with E-state index in [0.717, 1.165) is 35.2 Å². The summed E-state index contributed by atoms with van der Waals surface area (Å²) in [6.07, 6.45) is 7.59. The third-order valence-corrected chi connectivity index (χ3v) is 7.97. The van der Waals surface area contributed by atoms with Crippen molar-refractivity contribution in [3.05, 3.63) is 108 Å². The van der Waals surface area contributed by atoms with E-state index in [-0.39, 0.29) is 0 Å². The second-order valence-corrected chi connectivity index (χ2v) is 9.67. The summed E-state index contributed by atoms with van der Waals surface area (Å²) in [7, 11) is 0. The first-order chi connectivity index (χ1) is 17.4. The van der Waals surface area contributed by atoms with E-state index in [4.69, 9.17) is 9.97 Å². The number of rotatable bonds is 0. The molecule has 2 aliphatic carbocycles. The lowest BCUT2D eigenvalue weighted by atomic mass is 9.92. The normalized spacial score (nSPS) is 13.5. The maximum Gasteiger partial charge on any atom is 0.165 e. The molecule has 7 aromatic rings. The molecule has 0 bridgehead atoms. The first kappa shape index (κ1) is 17.8. The number of nitrogens with zero attached hydrogens (tertiary/aromatic N) is 4. The van der Waals surface area contributed by atoms with E-state index >= 15 is 0 Å². The molecule has 3 aromatic carbocycles. The lowest BCUT2D eigenvalue weighted by Gasteiger charge is -2.13. The molecule has 4 nitrogen and oxygen atoms in total. The van der Waals surface area contributed by atoms with Gasteiger partial charge in [-0.05, 0) is 80.9 Å². The molecule has 0 N–H and O–H groups in total. The summed E-state index contributed by atoms with van der Waals surface area (Å²) in [6.45, 7) is 0. The molecular weight excluding hydrogens is 428 g/mol. The molecule has 4 aromatic heterocycles. The smallest absolute Gasteiger partial charge is 0.165 e. The van der Waals surface area contributed by atoms with E-state index < -0.39 is 0 Å². The van der Waals surface area contributed by atoms with E-state index in [1.54, 1.807) is 0 Å². The third-order valence-electron chi connectivity index (χ3n) is 7.97. The summed E-state index contributed by atoms with van der Waals surface area (Å²) in [5.74, 6) is 0. The van der Waals surface area contributed by atoms with Crippen LogP contribution in [-0.2, 0) is 12.8 Å². The molecule has 4 heteroatoms. The summed E-state index contributed by atoms with van der Waals surface area (Å²) >= 11 is 0. The topological polar surface area (TPSA) is 43.1 Å². The van der Waals surface area contributed by atoms with Crippen LogP contribution in [0.3, 0.4) is 0 Å². The molecule has 0 unspecified atom stereocenters. The van der Waals surface area contributed by atoms with Crippen molar-refractivity contribution in [1.29, 1.82) is 0 Å². The van der Waals surface area contributed by atoms with Crippen LogP contribution in [0.4, 0.5) is 0 Å². The lowest BCUT2D eigenvalue weighted by molar-refractivity contribution is 1.22. The Labute approximate surface area is 200 Å². The Morgan fingerprint density at radius 3 is 2.51 bits per heavy atom. The average molecular weight is 447 g/mol. The Morgan fingerprint density at radius 2 is 1.54 bits per heavy atom. The highest BCUT2D eigenvalue weighted by atomic mass is 15.1. The molecule has 0 aliphatic heterocycles. The summed E-state index contributed by atoms with van der Waals surface area (Å²) in [5, 5.41) is 3.64. The van der Waals surface area contributed by atoms with Crippen LogP contribution in [0.15, 0.2) is 85.3 Å². The number of hydrogen-bond acceptors (Lipinski definition) is 3. The van der Waals surface area contributed by atoms with Crippen molar-refractivity contribution in [2.45, 2.75) is 12.8 Å². The van der Waals surface area contributed by atoms with Crippen LogP contribution in [-0.4, -0.2) is 19.4 Å². The Morgan fingerprint density at radius 1 is 0.657 bits per heavy atom. The van der Waals surface area contributed by atoms with Gasteiger partial charge in [0.1, 0.15) is 11.2 Å². The fraction of sp³-hybridized carbons (Fsp3) is 0.0645. The second-order valence-electron chi connectivity index (χ2n) is 9.67. The van der Waals surface area contributed by atoms with Crippen LogP contribution in [0.2, 0.25) is 0 Å². The maximum atomic E-state index is 5.11. The van der Waals surface area contributed by atoms with Crippen LogP contribution < -0.4 is 0 Å². The quantitative estimate of drug-likeness (QED) is 0.243. The van der Waals surface area contributed by atoms with Crippen LogP contribution in [0.5, 0.6) is 0 Å². The molecule has 35 heavy (non-hydrogen) atoms. The number of hydrogen-bond donors (Lipinski definition) is 0. The minimum Gasteiger partial charge on any atom is -0.274 e. The van der Waals surface area contributed by atoms with Crippen molar-refractivity contribution in [2.75, 3.05) is 0 Å². The molecule has 0 saturated carbocycles. The van der Waals surface area contributed by atoms with Gasteiger partial charge in [-0.3, -0.25) is 9.38 Å². The third kappa shape index (κ3) is 2.11. The van der Waals surface area contributed by atoms with Crippen LogP contribution in [0.25, 0.3) is 60.7 Å². The predicted molar refractivity (Wildman–Crippen MR) is 140 cm³/mol. The fourth-order valence-corrected chi connectivity index (χ4v) is 6.56. The summed E-state index contributed by atoms with van der Waals surface area (Å²) in [6, 6.07) is 24.3. The van der Waals surface area contributed by atoms with Crippen molar-refractivity contribution in [3.63, 3.8) is 0 Å². The molecule has 4 heterocycles. The van der Waals surface area contributed by atoms with Crippen molar-refractivity contribution < 1.29 is 0 Å². The number of pyridine rings is 3. The second kappa shape index (κ2) is 6.10. The predicted octanol–water partition coefficient (Wildman–Crippen LogP) is 6.73. The van der Waals surface area contributed by atoms with E-state index in [2.05, 4.69) is 64.0 Å². The highest BCUT2D eigenvalue weighted by Crippen LogP contribution is 2.51. The average Bonchev–Trinajstić information content (AvgIpc) is 3.59. The molecule has 0 amide bonds. The molecule has 0 atom stereocenters. The van der Waals surface area contributed by atoms with Gasteiger partial charge in [-0.15, -0.1) is 0 Å².